The summed E-state index contributed by atoms with van der Waals surface area (Å²) in [6.45, 7) is 1.98. The van der Waals surface area contributed by atoms with E-state index in [-0.39, 0.29) is 17.7 Å². The highest BCUT2D eigenvalue weighted by Gasteiger charge is 2.35. The van der Waals surface area contributed by atoms with Gasteiger partial charge in [-0.25, -0.2) is 0 Å². The van der Waals surface area contributed by atoms with Crippen LogP contribution in [-0.2, 0) is 11.3 Å². The molecule has 3 rings (SSSR count). The van der Waals surface area contributed by atoms with E-state index in [1.165, 1.54) is 4.90 Å². The van der Waals surface area contributed by atoms with Crippen LogP contribution in [0.25, 0.3) is 6.08 Å². The lowest BCUT2D eigenvalue weighted by molar-refractivity contribution is -0.123. The zero-order chi connectivity index (χ0) is 17.3. The molecule has 2 aromatic rings. The Morgan fingerprint density at radius 2 is 2.00 bits per heavy atom. The molecular weight excluding hydrogens is 367 g/mol. The molecule has 0 N–H and O–H groups in total. The Hall–Kier alpha value is -1.82. The van der Waals surface area contributed by atoms with E-state index in [9.17, 15) is 9.59 Å². The summed E-state index contributed by atoms with van der Waals surface area (Å²) < 4.78 is 0. The number of hydrogen-bond acceptors (Lipinski definition) is 4. The molecule has 1 aromatic carbocycles. The summed E-state index contributed by atoms with van der Waals surface area (Å²) in [5.74, 6) is -0.348. The lowest BCUT2D eigenvalue weighted by atomic mass is 10.2. The van der Waals surface area contributed by atoms with Crippen LogP contribution in [0, 0.1) is 6.92 Å². The van der Waals surface area contributed by atoms with Crippen LogP contribution in [0.15, 0.2) is 41.3 Å². The summed E-state index contributed by atoms with van der Waals surface area (Å²) in [5.41, 5.74) is 2.15. The molecule has 1 aliphatic heterocycles. The van der Waals surface area contributed by atoms with E-state index in [1.54, 1.807) is 30.3 Å². The molecular formula is C17H12Cl2N2O2S. The number of hydrogen-bond donors (Lipinski definition) is 0. The number of pyridine rings is 1. The van der Waals surface area contributed by atoms with Gasteiger partial charge in [-0.3, -0.25) is 19.5 Å². The van der Waals surface area contributed by atoms with Crippen molar-refractivity contribution in [3.8, 4) is 0 Å². The van der Waals surface area contributed by atoms with Crippen molar-refractivity contribution in [1.29, 1.82) is 0 Å². The third-order valence-electron chi connectivity index (χ3n) is 3.41. The molecule has 0 unspecified atom stereocenters. The topological polar surface area (TPSA) is 50.3 Å². The molecule has 0 atom stereocenters. The fraction of sp³-hybridized carbons (Fsp3) is 0.118. The van der Waals surface area contributed by atoms with E-state index in [2.05, 4.69) is 4.98 Å². The SMILES string of the molecule is Cc1cccc(/C=C2\SC(=O)N(Cc3ccc(Cl)cc3Cl)C2=O)n1. The first-order chi connectivity index (χ1) is 11.4. The van der Waals surface area contributed by atoms with E-state index in [0.717, 1.165) is 17.5 Å². The maximum absolute atomic E-state index is 12.5. The van der Waals surface area contributed by atoms with Gasteiger partial charge in [0, 0.05) is 15.7 Å². The molecule has 1 fully saturated rings. The Morgan fingerprint density at radius 1 is 1.21 bits per heavy atom. The number of carbonyl (C=O) groups is 2. The number of thioether (sulfide) groups is 1. The van der Waals surface area contributed by atoms with Crippen LogP contribution in [0.5, 0.6) is 0 Å². The highest BCUT2D eigenvalue weighted by Crippen LogP contribution is 2.34. The fourth-order valence-corrected chi connectivity index (χ4v) is 3.53. The second-order valence-corrected chi connectivity index (χ2v) is 7.04. The van der Waals surface area contributed by atoms with Crippen LogP contribution in [0.1, 0.15) is 17.0 Å². The second-order valence-electron chi connectivity index (χ2n) is 5.21. The summed E-state index contributed by atoms with van der Waals surface area (Å²) in [6.07, 6.45) is 1.63. The molecule has 122 valence electrons. The maximum Gasteiger partial charge on any atom is 0.293 e. The Balaban J connectivity index is 1.84. The van der Waals surface area contributed by atoms with Crippen molar-refractivity contribution in [3.63, 3.8) is 0 Å². The Labute approximate surface area is 153 Å². The summed E-state index contributed by atoms with van der Waals surface area (Å²) in [5, 5.41) is 0.596. The quantitative estimate of drug-likeness (QED) is 0.710. The number of nitrogens with zero attached hydrogens (tertiary/aromatic N) is 2. The minimum atomic E-state index is -0.348. The van der Waals surface area contributed by atoms with Gasteiger partial charge in [0.25, 0.3) is 11.1 Å². The summed E-state index contributed by atoms with van der Waals surface area (Å²) in [6, 6.07) is 10.5. The van der Waals surface area contributed by atoms with Crippen LogP contribution in [-0.4, -0.2) is 21.0 Å². The van der Waals surface area contributed by atoms with Crippen LogP contribution in [0.2, 0.25) is 10.0 Å². The lowest BCUT2D eigenvalue weighted by Crippen LogP contribution is -2.27. The van der Waals surface area contributed by atoms with Gasteiger partial charge in [0.15, 0.2) is 0 Å². The minimum absolute atomic E-state index is 0.110. The van der Waals surface area contributed by atoms with E-state index < -0.39 is 0 Å². The molecule has 2 amide bonds. The van der Waals surface area contributed by atoms with Crippen molar-refractivity contribution in [3.05, 3.63) is 68.3 Å². The molecule has 0 aliphatic carbocycles. The first kappa shape index (κ1) is 17.0. The van der Waals surface area contributed by atoms with E-state index in [4.69, 9.17) is 23.2 Å². The van der Waals surface area contributed by atoms with Crippen molar-refractivity contribution < 1.29 is 9.59 Å². The second kappa shape index (κ2) is 6.97. The Bertz CT molecular complexity index is 867. The normalized spacial score (nSPS) is 16.3. The average Bonchev–Trinajstić information content (AvgIpc) is 2.77. The van der Waals surface area contributed by atoms with Gasteiger partial charge in [-0.15, -0.1) is 0 Å². The van der Waals surface area contributed by atoms with Gasteiger partial charge in [0.2, 0.25) is 0 Å². The number of rotatable bonds is 3. The largest absolute Gasteiger partial charge is 0.293 e. The molecule has 0 saturated carbocycles. The van der Waals surface area contributed by atoms with E-state index >= 15 is 0 Å². The van der Waals surface area contributed by atoms with Gasteiger partial charge in [-0.2, -0.15) is 0 Å². The van der Waals surface area contributed by atoms with E-state index in [1.807, 2.05) is 19.1 Å². The molecule has 0 bridgehead atoms. The lowest BCUT2D eigenvalue weighted by Gasteiger charge is -2.13. The molecule has 1 aromatic heterocycles. The third-order valence-corrected chi connectivity index (χ3v) is 4.90. The van der Waals surface area contributed by atoms with E-state index in [0.29, 0.717) is 26.2 Å². The maximum atomic E-state index is 12.5. The smallest absolute Gasteiger partial charge is 0.268 e. The first-order valence-corrected chi connectivity index (χ1v) is 8.64. The van der Waals surface area contributed by atoms with Crippen molar-refractivity contribution in [2.24, 2.45) is 0 Å². The zero-order valence-corrected chi connectivity index (χ0v) is 15.0. The predicted octanol–water partition coefficient (Wildman–Crippen LogP) is 4.93. The van der Waals surface area contributed by atoms with Crippen molar-refractivity contribution in [2.75, 3.05) is 0 Å². The predicted molar refractivity (Wildman–Crippen MR) is 97.0 cm³/mol. The molecule has 0 radical (unpaired) electrons. The minimum Gasteiger partial charge on any atom is -0.268 e. The van der Waals surface area contributed by atoms with Gasteiger partial charge in [-0.1, -0.05) is 35.3 Å². The fourth-order valence-electron chi connectivity index (χ4n) is 2.24. The number of halogens is 2. The van der Waals surface area contributed by atoms with Gasteiger partial charge in [-0.05, 0) is 54.6 Å². The van der Waals surface area contributed by atoms with Gasteiger partial charge >= 0.3 is 0 Å². The molecule has 7 heteroatoms. The van der Waals surface area contributed by atoms with Crippen molar-refractivity contribution in [2.45, 2.75) is 13.5 Å². The molecule has 24 heavy (non-hydrogen) atoms. The van der Waals surface area contributed by atoms with Crippen LogP contribution >= 0.6 is 35.0 Å². The number of imide groups is 1. The molecule has 1 saturated heterocycles. The molecule has 2 heterocycles. The van der Waals surface area contributed by atoms with Crippen LogP contribution < -0.4 is 0 Å². The Kier molecular flexibility index (Phi) is 4.94. The summed E-state index contributed by atoms with van der Waals surface area (Å²) >= 11 is 12.9. The van der Waals surface area contributed by atoms with Crippen molar-refractivity contribution in [1.82, 2.24) is 9.88 Å². The average molecular weight is 379 g/mol. The Morgan fingerprint density at radius 3 is 2.71 bits per heavy atom. The standard InChI is InChI=1S/C17H12Cl2N2O2S/c1-10-3-2-4-13(20-10)8-15-16(22)21(17(23)24-15)9-11-5-6-12(18)7-14(11)19/h2-8H,9H2,1H3/b15-8-. The number of carbonyl (C=O) groups excluding carboxylic acids is 2. The highest BCUT2D eigenvalue weighted by molar-refractivity contribution is 8.18. The van der Waals surface area contributed by atoms with Gasteiger partial charge < -0.3 is 0 Å². The summed E-state index contributed by atoms with van der Waals surface area (Å²) in [4.78, 5) is 30.5. The molecule has 1 aliphatic rings. The zero-order valence-electron chi connectivity index (χ0n) is 12.6. The monoisotopic (exact) mass is 378 g/mol. The van der Waals surface area contributed by atoms with Gasteiger partial charge in [0.1, 0.15) is 0 Å². The number of aromatic nitrogens is 1. The summed E-state index contributed by atoms with van der Waals surface area (Å²) in [7, 11) is 0. The number of benzene rings is 1. The number of aryl methyl sites for hydroxylation is 1. The first-order valence-electron chi connectivity index (χ1n) is 7.07. The van der Waals surface area contributed by atoms with Gasteiger partial charge in [0.05, 0.1) is 17.1 Å². The van der Waals surface area contributed by atoms with Crippen molar-refractivity contribution >= 4 is 52.2 Å². The molecule has 0 spiro atoms. The third kappa shape index (κ3) is 3.64. The number of amides is 2. The molecule has 4 nitrogen and oxygen atoms in total. The van der Waals surface area contributed by atoms with Crippen LogP contribution in [0.4, 0.5) is 4.79 Å². The highest BCUT2D eigenvalue weighted by atomic mass is 35.5. The van der Waals surface area contributed by atoms with Crippen LogP contribution in [0.3, 0.4) is 0 Å².